The van der Waals surface area contributed by atoms with Gasteiger partial charge in [0.05, 0.1) is 28.9 Å². The second-order valence-corrected chi connectivity index (χ2v) is 8.49. The quantitative estimate of drug-likeness (QED) is 0.476. The second kappa shape index (κ2) is 7.25. The molecule has 1 aliphatic heterocycles. The van der Waals surface area contributed by atoms with Crippen molar-refractivity contribution in [2.24, 2.45) is 14.1 Å². The molecule has 8 heteroatoms. The van der Waals surface area contributed by atoms with E-state index in [1.165, 1.54) is 11.6 Å². The maximum Gasteiger partial charge on any atom is 0.331 e. The van der Waals surface area contributed by atoms with Crippen LogP contribution in [0.3, 0.4) is 0 Å². The summed E-state index contributed by atoms with van der Waals surface area (Å²) in [4.78, 5) is 26.2. The first kappa shape index (κ1) is 19.8. The number of nitrogens with zero attached hydrogens (tertiary/aromatic N) is 3. The Labute approximate surface area is 185 Å². The zero-order valence-corrected chi connectivity index (χ0v) is 18.6. The van der Waals surface area contributed by atoms with Gasteiger partial charge in [0.2, 0.25) is 0 Å². The first-order chi connectivity index (χ1) is 14.9. The Morgan fingerprint density at radius 1 is 1.06 bits per heavy atom. The van der Waals surface area contributed by atoms with E-state index in [1.54, 1.807) is 25.2 Å². The van der Waals surface area contributed by atoms with Gasteiger partial charge >= 0.3 is 5.69 Å². The molecule has 2 aromatic heterocycles. The van der Waals surface area contributed by atoms with Gasteiger partial charge in [0.1, 0.15) is 11.9 Å². The van der Waals surface area contributed by atoms with Crippen molar-refractivity contribution in [3.05, 3.63) is 85.1 Å². The van der Waals surface area contributed by atoms with Gasteiger partial charge in [-0.15, -0.1) is 0 Å². The molecule has 31 heavy (non-hydrogen) atoms. The predicted molar refractivity (Wildman–Crippen MR) is 121 cm³/mol. The number of rotatable bonds is 2. The minimum atomic E-state index is -0.530. The highest BCUT2D eigenvalue weighted by molar-refractivity contribution is 9.10. The number of phenolic OH excluding ortho intramolecular Hbond substituents is 1. The van der Waals surface area contributed by atoms with E-state index in [9.17, 15) is 14.7 Å². The minimum absolute atomic E-state index is 0.130. The van der Waals surface area contributed by atoms with E-state index in [0.29, 0.717) is 24.1 Å². The van der Waals surface area contributed by atoms with Crippen LogP contribution in [0.2, 0.25) is 0 Å². The van der Waals surface area contributed by atoms with Crippen LogP contribution in [0.4, 0.5) is 0 Å². The maximum absolute atomic E-state index is 13.4. The van der Waals surface area contributed by atoms with Gasteiger partial charge in [-0.05, 0) is 23.8 Å². The fourth-order valence-electron chi connectivity index (χ4n) is 4.45. The molecule has 3 heterocycles. The number of halogens is 1. The van der Waals surface area contributed by atoms with Crippen molar-refractivity contribution in [2.45, 2.75) is 12.6 Å². The largest absolute Gasteiger partial charge is 0.508 e. The van der Waals surface area contributed by atoms with Crippen LogP contribution in [-0.4, -0.2) is 25.4 Å². The third-order valence-electron chi connectivity index (χ3n) is 5.85. The Kier molecular flexibility index (Phi) is 4.64. The fourth-order valence-corrected chi connectivity index (χ4v) is 4.93. The van der Waals surface area contributed by atoms with Crippen LogP contribution in [0, 0.1) is 0 Å². The Morgan fingerprint density at radius 2 is 1.84 bits per heavy atom. The average molecular weight is 482 g/mol. The molecule has 158 valence electrons. The lowest BCUT2D eigenvalue weighted by molar-refractivity contribution is 0.0477. The molecule has 0 amide bonds. The molecule has 0 saturated carbocycles. The van der Waals surface area contributed by atoms with E-state index < -0.39 is 11.8 Å². The van der Waals surface area contributed by atoms with E-state index in [2.05, 4.69) is 20.5 Å². The minimum Gasteiger partial charge on any atom is -0.508 e. The molecular formula is C23H20BrN3O4. The Bertz CT molecular complexity index is 1460. The van der Waals surface area contributed by atoms with Crippen molar-refractivity contribution in [1.29, 1.82) is 0 Å². The summed E-state index contributed by atoms with van der Waals surface area (Å²) in [6.45, 7) is 0.966. The summed E-state index contributed by atoms with van der Waals surface area (Å²) in [5, 5.41) is 10.5. The normalized spacial score (nSPS) is 15.9. The lowest BCUT2D eigenvalue weighted by atomic mass is 10.0. The number of hydrogen-bond acceptors (Lipinski definition) is 4. The summed E-state index contributed by atoms with van der Waals surface area (Å²) >= 11 is 3.62. The molecule has 1 atom stereocenters. The molecule has 1 aliphatic rings. The van der Waals surface area contributed by atoms with Gasteiger partial charge in [0.25, 0.3) is 5.56 Å². The van der Waals surface area contributed by atoms with E-state index in [4.69, 9.17) is 4.74 Å². The Hall–Kier alpha value is -3.10. The summed E-state index contributed by atoms with van der Waals surface area (Å²) in [7, 11) is 3.16. The standard InChI is InChI=1S/C23H20BrN3O4/c1-25-19-17(22(29)26(2)23(25)30)18(15-8-3-4-9-16(15)24)27-10-11-31-21(20(19)27)13-6-5-7-14(28)12-13/h3-9,12,21,28H,10-11H2,1-2H3/t21-/m0/s1. The third kappa shape index (κ3) is 2.90. The summed E-state index contributed by atoms with van der Waals surface area (Å²) in [6, 6.07) is 14.6. The first-order valence-corrected chi connectivity index (χ1v) is 10.7. The highest BCUT2D eigenvalue weighted by Crippen LogP contribution is 2.42. The van der Waals surface area contributed by atoms with Crippen molar-refractivity contribution in [2.75, 3.05) is 6.61 Å². The van der Waals surface area contributed by atoms with Gasteiger partial charge < -0.3 is 14.4 Å². The molecule has 5 rings (SSSR count). The van der Waals surface area contributed by atoms with Gasteiger partial charge in [0, 0.05) is 30.7 Å². The van der Waals surface area contributed by atoms with Crippen LogP contribution in [-0.2, 0) is 25.4 Å². The molecule has 0 unspecified atom stereocenters. The number of aromatic nitrogens is 3. The summed E-state index contributed by atoms with van der Waals surface area (Å²) < 4.78 is 11.7. The number of hydrogen-bond donors (Lipinski definition) is 1. The molecule has 7 nitrogen and oxygen atoms in total. The van der Waals surface area contributed by atoms with Crippen molar-refractivity contribution in [1.82, 2.24) is 13.7 Å². The summed E-state index contributed by atoms with van der Waals surface area (Å²) in [6.07, 6.45) is -0.530. The van der Waals surface area contributed by atoms with Crippen molar-refractivity contribution >= 4 is 26.8 Å². The topological polar surface area (TPSA) is 78.4 Å². The van der Waals surface area contributed by atoms with Crippen LogP contribution in [0.5, 0.6) is 5.75 Å². The smallest absolute Gasteiger partial charge is 0.331 e. The number of phenols is 1. The lowest BCUT2D eigenvalue weighted by Gasteiger charge is -2.28. The van der Waals surface area contributed by atoms with Gasteiger partial charge in [0.15, 0.2) is 0 Å². The van der Waals surface area contributed by atoms with Crippen LogP contribution in [0.25, 0.3) is 22.2 Å². The van der Waals surface area contributed by atoms with Crippen molar-refractivity contribution in [3.63, 3.8) is 0 Å². The molecule has 4 aromatic rings. The van der Waals surface area contributed by atoms with Crippen LogP contribution in [0.1, 0.15) is 17.4 Å². The highest BCUT2D eigenvalue weighted by atomic mass is 79.9. The highest BCUT2D eigenvalue weighted by Gasteiger charge is 2.33. The molecule has 2 aromatic carbocycles. The number of benzene rings is 2. The molecular weight excluding hydrogens is 462 g/mol. The van der Waals surface area contributed by atoms with Gasteiger partial charge in [-0.3, -0.25) is 13.9 Å². The second-order valence-electron chi connectivity index (χ2n) is 7.64. The lowest BCUT2D eigenvalue weighted by Crippen LogP contribution is -2.37. The fraction of sp³-hybridized carbons (Fsp3) is 0.217. The van der Waals surface area contributed by atoms with Crippen molar-refractivity contribution < 1.29 is 9.84 Å². The van der Waals surface area contributed by atoms with E-state index in [-0.39, 0.29) is 11.3 Å². The van der Waals surface area contributed by atoms with Gasteiger partial charge in [-0.25, -0.2) is 4.79 Å². The predicted octanol–water partition coefficient (Wildman–Crippen LogP) is 3.29. The molecule has 0 saturated heterocycles. The molecule has 0 spiro atoms. The number of aryl methyl sites for hydroxylation is 1. The number of aromatic hydroxyl groups is 1. The van der Waals surface area contributed by atoms with E-state index in [1.807, 2.05) is 30.3 Å². The zero-order chi connectivity index (χ0) is 21.9. The zero-order valence-electron chi connectivity index (χ0n) is 17.0. The monoisotopic (exact) mass is 481 g/mol. The summed E-state index contributed by atoms with van der Waals surface area (Å²) in [5.74, 6) is 0.130. The first-order valence-electron chi connectivity index (χ1n) is 9.87. The van der Waals surface area contributed by atoms with Crippen LogP contribution in [0.15, 0.2) is 62.6 Å². The van der Waals surface area contributed by atoms with Crippen LogP contribution < -0.4 is 11.2 Å². The maximum atomic E-state index is 13.4. The van der Waals surface area contributed by atoms with E-state index >= 15 is 0 Å². The van der Waals surface area contributed by atoms with E-state index in [0.717, 1.165) is 31.6 Å². The van der Waals surface area contributed by atoms with Crippen molar-refractivity contribution in [3.8, 4) is 17.0 Å². The molecule has 1 N–H and O–H groups in total. The number of ether oxygens (including phenoxy) is 1. The Morgan fingerprint density at radius 3 is 2.58 bits per heavy atom. The van der Waals surface area contributed by atoms with Crippen LogP contribution >= 0.6 is 15.9 Å². The molecule has 0 aliphatic carbocycles. The SMILES string of the molecule is Cn1c(=O)c2c(-c3ccccc3Br)n3c(c2n(C)c1=O)[C@H](c1cccc(O)c1)OCC3. The summed E-state index contributed by atoms with van der Waals surface area (Å²) in [5.41, 5.74) is 2.91. The Balaban J connectivity index is 1.98. The van der Waals surface area contributed by atoms with Gasteiger partial charge in [-0.1, -0.05) is 46.3 Å². The molecule has 0 fully saturated rings. The third-order valence-corrected chi connectivity index (χ3v) is 6.55. The molecule has 0 bridgehead atoms. The molecule has 0 radical (unpaired) electrons. The van der Waals surface area contributed by atoms with Gasteiger partial charge in [-0.2, -0.15) is 0 Å². The number of fused-ring (bicyclic) bond motifs is 3. The average Bonchev–Trinajstić information content (AvgIpc) is 3.12.